The van der Waals surface area contributed by atoms with Crippen LogP contribution in [-0.2, 0) is 9.53 Å². The minimum absolute atomic E-state index is 0.0388. The predicted octanol–water partition coefficient (Wildman–Crippen LogP) is 4.46. The number of nitrogens with zero attached hydrogens (tertiary/aromatic N) is 3. The van der Waals surface area contributed by atoms with Crippen molar-refractivity contribution in [1.29, 1.82) is 0 Å². The number of esters is 1. The lowest BCUT2D eigenvalue weighted by molar-refractivity contribution is -0.387. The maximum absolute atomic E-state index is 12.6. The number of hydrogen-bond donors (Lipinski definition) is 0. The highest BCUT2D eigenvalue weighted by Gasteiger charge is 2.26. The van der Waals surface area contributed by atoms with Crippen LogP contribution < -0.4 is 0 Å². The summed E-state index contributed by atoms with van der Waals surface area (Å²) < 4.78 is 6.00. The van der Waals surface area contributed by atoms with Crippen molar-refractivity contribution < 1.29 is 19.2 Å². The van der Waals surface area contributed by atoms with Crippen LogP contribution in [0.25, 0.3) is 0 Å². The van der Waals surface area contributed by atoms with Crippen molar-refractivity contribution >= 4 is 40.7 Å². The van der Waals surface area contributed by atoms with Crippen molar-refractivity contribution in [2.75, 3.05) is 13.1 Å². The monoisotopic (exact) mass is 449 g/mol. The van der Waals surface area contributed by atoms with Crippen molar-refractivity contribution in [2.45, 2.75) is 54.9 Å². The largest absolute Gasteiger partial charge is 0.449 e. The third-order valence-electron chi connectivity index (χ3n) is 4.74. The summed E-state index contributed by atoms with van der Waals surface area (Å²) in [5.41, 5.74) is 0.680. The van der Waals surface area contributed by atoms with Gasteiger partial charge < -0.3 is 9.64 Å². The highest BCUT2D eigenvalue weighted by Crippen LogP contribution is 2.37. The first-order valence-electron chi connectivity index (χ1n) is 9.73. The Kier molecular flexibility index (Phi) is 7.43. The predicted molar refractivity (Wildman–Crippen MR) is 114 cm³/mol. The lowest BCUT2D eigenvalue weighted by Crippen LogP contribution is -2.40. The summed E-state index contributed by atoms with van der Waals surface area (Å²) in [4.78, 5) is 42.5. The minimum atomic E-state index is -0.943. The van der Waals surface area contributed by atoms with Gasteiger partial charge in [-0.1, -0.05) is 24.6 Å². The molecule has 30 heavy (non-hydrogen) atoms. The van der Waals surface area contributed by atoms with Gasteiger partial charge in [0.05, 0.1) is 15.4 Å². The van der Waals surface area contributed by atoms with Crippen molar-refractivity contribution in [3.63, 3.8) is 0 Å². The summed E-state index contributed by atoms with van der Waals surface area (Å²) in [6.07, 6.45) is 3.12. The van der Waals surface area contributed by atoms with Crippen LogP contribution in [0.15, 0.2) is 32.8 Å². The fourth-order valence-corrected chi connectivity index (χ4v) is 5.05. The van der Waals surface area contributed by atoms with Crippen LogP contribution in [0.3, 0.4) is 0 Å². The number of nitro groups is 1. The van der Waals surface area contributed by atoms with Crippen LogP contribution in [0.5, 0.6) is 0 Å². The van der Waals surface area contributed by atoms with Crippen LogP contribution in [0.1, 0.15) is 48.7 Å². The van der Waals surface area contributed by atoms with Gasteiger partial charge in [0.1, 0.15) is 0 Å². The molecule has 3 rings (SSSR count). The summed E-state index contributed by atoms with van der Waals surface area (Å²) in [5.74, 6) is -0.985. The molecule has 0 aliphatic carbocycles. The normalized spacial score (nSPS) is 15.3. The number of aryl methyl sites for hydroxylation is 1. The summed E-state index contributed by atoms with van der Waals surface area (Å²) in [7, 11) is 0. The third-order valence-corrected chi connectivity index (χ3v) is 6.86. The number of hydrogen-bond acceptors (Lipinski definition) is 8. The van der Waals surface area contributed by atoms with Crippen LogP contribution in [-0.4, -0.2) is 45.9 Å². The molecule has 10 heteroatoms. The number of carbonyl (C=O) groups excluding carboxylic acids is 2. The van der Waals surface area contributed by atoms with Gasteiger partial charge in [0.15, 0.2) is 10.4 Å². The van der Waals surface area contributed by atoms with Gasteiger partial charge in [-0.05, 0) is 38.8 Å². The Hall–Kier alpha value is -2.46. The number of amides is 1. The molecule has 1 unspecified atom stereocenters. The summed E-state index contributed by atoms with van der Waals surface area (Å²) in [6, 6.07) is 4.17. The molecule has 0 bridgehead atoms. The van der Waals surface area contributed by atoms with E-state index >= 15 is 0 Å². The number of likely N-dealkylation sites (tertiary alicyclic amines) is 1. The number of nitro benzene ring substituents is 1. The molecule has 1 aromatic carbocycles. The SMILES string of the molecule is Cc1csc(Sc2ccc(C(=O)OC(C)C(=O)N3CCCCCC3)cc2[N+](=O)[O-])n1. The van der Waals surface area contributed by atoms with Crippen LogP contribution in [0.2, 0.25) is 0 Å². The fraction of sp³-hybridized carbons (Fsp3) is 0.450. The zero-order valence-corrected chi connectivity index (χ0v) is 18.5. The maximum Gasteiger partial charge on any atom is 0.339 e. The van der Waals surface area contributed by atoms with E-state index in [0.29, 0.717) is 22.3 Å². The van der Waals surface area contributed by atoms with E-state index < -0.39 is 17.0 Å². The smallest absolute Gasteiger partial charge is 0.339 e. The second kappa shape index (κ2) is 10.0. The molecule has 0 spiro atoms. The molecule has 1 amide bonds. The van der Waals surface area contributed by atoms with Crippen molar-refractivity contribution in [3.8, 4) is 0 Å². The highest BCUT2D eigenvalue weighted by atomic mass is 32.2. The second-order valence-electron chi connectivity index (χ2n) is 7.08. The van der Waals surface area contributed by atoms with Crippen molar-refractivity contribution in [3.05, 3.63) is 45.0 Å². The Morgan fingerprint density at radius 1 is 1.27 bits per heavy atom. The lowest BCUT2D eigenvalue weighted by atomic mass is 10.2. The van der Waals surface area contributed by atoms with Gasteiger partial charge in [-0.2, -0.15) is 0 Å². The Morgan fingerprint density at radius 3 is 2.57 bits per heavy atom. The average Bonchev–Trinajstić information content (AvgIpc) is 2.95. The maximum atomic E-state index is 12.6. The van der Waals surface area contributed by atoms with Gasteiger partial charge in [-0.3, -0.25) is 14.9 Å². The molecule has 1 aromatic heterocycles. The third kappa shape index (κ3) is 5.57. The molecule has 1 fully saturated rings. The standard InChI is InChI=1S/C20H23N3O5S2/c1-13-12-29-20(21-13)30-17-8-7-15(11-16(17)23(26)27)19(25)28-14(2)18(24)22-9-5-3-4-6-10-22/h7-8,11-12,14H,3-6,9-10H2,1-2H3. The molecule has 1 atom stereocenters. The van der Waals surface area contributed by atoms with Crippen LogP contribution in [0, 0.1) is 17.0 Å². The van der Waals surface area contributed by atoms with Gasteiger partial charge in [0.2, 0.25) is 0 Å². The van der Waals surface area contributed by atoms with E-state index in [4.69, 9.17) is 4.74 Å². The minimum Gasteiger partial charge on any atom is -0.449 e. The molecule has 1 aliphatic heterocycles. The summed E-state index contributed by atoms with van der Waals surface area (Å²) >= 11 is 2.57. The van der Waals surface area contributed by atoms with Gasteiger partial charge in [-0.25, -0.2) is 9.78 Å². The van der Waals surface area contributed by atoms with E-state index in [1.807, 2.05) is 12.3 Å². The first-order chi connectivity index (χ1) is 14.3. The Morgan fingerprint density at radius 2 is 1.97 bits per heavy atom. The van der Waals surface area contributed by atoms with E-state index in [9.17, 15) is 19.7 Å². The number of rotatable bonds is 6. The zero-order chi connectivity index (χ0) is 21.7. The van der Waals surface area contributed by atoms with Crippen LogP contribution in [0.4, 0.5) is 5.69 Å². The molecule has 0 radical (unpaired) electrons. The molecule has 1 aliphatic rings. The van der Waals surface area contributed by atoms with Gasteiger partial charge in [0, 0.05) is 30.2 Å². The van der Waals surface area contributed by atoms with Crippen molar-refractivity contribution in [1.82, 2.24) is 9.88 Å². The van der Waals surface area contributed by atoms with E-state index in [-0.39, 0.29) is 17.2 Å². The number of benzene rings is 1. The first kappa shape index (κ1) is 22.2. The number of carbonyl (C=O) groups is 2. The molecule has 0 N–H and O–H groups in total. The van der Waals surface area contributed by atoms with E-state index in [0.717, 1.165) is 31.4 Å². The molecule has 2 aromatic rings. The van der Waals surface area contributed by atoms with E-state index in [2.05, 4.69) is 4.98 Å². The molecule has 160 valence electrons. The van der Waals surface area contributed by atoms with Crippen LogP contribution >= 0.6 is 23.1 Å². The Bertz CT molecular complexity index is 938. The van der Waals surface area contributed by atoms with Gasteiger partial charge in [-0.15, -0.1) is 11.3 Å². The summed E-state index contributed by atoms with van der Waals surface area (Å²) in [6.45, 7) is 4.71. The van der Waals surface area contributed by atoms with E-state index in [1.54, 1.807) is 4.90 Å². The quantitative estimate of drug-likeness (QED) is 0.364. The number of thiazole rings is 1. The first-order valence-corrected chi connectivity index (χ1v) is 11.4. The highest BCUT2D eigenvalue weighted by molar-refractivity contribution is 8.01. The topological polar surface area (TPSA) is 103 Å². The summed E-state index contributed by atoms with van der Waals surface area (Å²) in [5, 5.41) is 13.4. The van der Waals surface area contributed by atoms with Gasteiger partial charge >= 0.3 is 5.97 Å². The number of ether oxygens (including phenoxy) is 1. The van der Waals surface area contributed by atoms with Crippen molar-refractivity contribution in [2.24, 2.45) is 0 Å². The fourth-order valence-electron chi connectivity index (χ4n) is 3.17. The molecule has 1 saturated heterocycles. The molecular weight excluding hydrogens is 426 g/mol. The number of aromatic nitrogens is 1. The van der Waals surface area contributed by atoms with E-state index in [1.165, 1.54) is 48.2 Å². The molecular formula is C20H23N3O5S2. The zero-order valence-electron chi connectivity index (χ0n) is 16.8. The second-order valence-corrected chi connectivity index (χ2v) is 9.23. The van der Waals surface area contributed by atoms with Gasteiger partial charge in [0.25, 0.3) is 11.6 Å². The molecule has 2 heterocycles. The Balaban J connectivity index is 1.71. The molecule has 8 nitrogen and oxygen atoms in total. The molecule has 0 saturated carbocycles. The Labute approximate surface area is 182 Å². The average molecular weight is 450 g/mol. The lowest BCUT2D eigenvalue weighted by Gasteiger charge is -2.24.